The Morgan fingerprint density at radius 3 is 2.67 bits per heavy atom. The van der Waals surface area contributed by atoms with Gasteiger partial charge in [0.15, 0.2) is 0 Å². The Hall–Kier alpha value is -1.06. The number of rotatable bonds is 5. The molecule has 0 amide bonds. The van der Waals surface area contributed by atoms with Gasteiger partial charge in [-0.2, -0.15) is 0 Å². The molecular weight excluding hydrogens is 188 g/mol. The highest BCUT2D eigenvalue weighted by Gasteiger charge is 2.08. The molecule has 1 rings (SSSR count). The standard InChI is InChI=1S/C12H20N2O/c1-9-8-10(15-2)5-6-11(9)12(14)4-3-7-13/h5-6,8,12H,3-4,7,13-14H2,1-2H3/t12-/m0/s1. The van der Waals surface area contributed by atoms with Crippen molar-refractivity contribution in [1.82, 2.24) is 0 Å². The molecule has 1 aromatic carbocycles. The van der Waals surface area contributed by atoms with Gasteiger partial charge in [0.05, 0.1) is 7.11 Å². The topological polar surface area (TPSA) is 61.3 Å². The zero-order valence-corrected chi connectivity index (χ0v) is 9.49. The summed E-state index contributed by atoms with van der Waals surface area (Å²) < 4.78 is 5.15. The van der Waals surface area contributed by atoms with E-state index in [1.165, 1.54) is 11.1 Å². The van der Waals surface area contributed by atoms with Crippen molar-refractivity contribution in [3.63, 3.8) is 0 Å². The van der Waals surface area contributed by atoms with Crippen molar-refractivity contribution in [2.45, 2.75) is 25.8 Å². The second-order valence-corrected chi connectivity index (χ2v) is 3.76. The van der Waals surface area contributed by atoms with E-state index in [1.54, 1.807) is 7.11 Å². The van der Waals surface area contributed by atoms with Gasteiger partial charge in [-0.15, -0.1) is 0 Å². The first-order chi connectivity index (χ1) is 7.19. The van der Waals surface area contributed by atoms with E-state index in [2.05, 4.69) is 6.92 Å². The summed E-state index contributed by atoms with van der Waals surface area (Å²) in [6.07, 6.45) is 1.90. The Bertz CT molecular complexity index is 312. The molecule has 3 heteroatoms. The Morgan fingerprint density at radius 1 is 1.40 bits per heavy atom. The molecule has 0 saturated carbocycles. The van der Waals surface area contributed by atoms with Crippen LogP contribution in [0.1, 0.15) is 30.0 Å². The van der Waals surface area contributed by atoms with Crippen molar-refractivity contribution in [2.24, 2.45) is 11.5 Å². The predicted octanol–water partition coefficient (Wildman–Crippen LogP) is 1.74. The lowest BCUT2D eigenvalue weighted by Crippen LogP contribution is -2.13. The minimum atomic E-state index is 0.0828. The molecule has 0 bridgehead atoms. The lowest BCUT2D eigenvalue weighted by molar-refractivity contribution is 0.414. The number of benzene rings is 1. The van der Waals surface area contributed by atoms with Crippen LogP contribution in [0.2, 0.25) is 0 Å². The number of hydrogen-bond acceptors (Lipinski definition) is 3. The monoisotopic (exact) mass is 208 g/mol. The zero-order chi connectivity index (χ0) is 11.3. The highest BCUT2D eigenvalue weighted by molar-refractivity contribution is 5.36. The van der Waals surface area contributed by atoms with Gasteiger partial charge in [0, 0.05) is 6.04 Å². The van der Waals surface area contributed by atoms with E-state index in [4.69, 9.17) is 16.2 Å². The fourth-order valence-electron chi connectivity index (χ4n) is 1.68. The number of nitrogens with two attached hydrogens (primary N) is 2. The van der Waals surface area contributed by atoms with Crippen LogP contribution in [0.15, 0.2) is 18.2 Å². The van der Waals surface area contributed by atoms with Gasteiger partial charge in [-0.3, -0.25) is 0 Å². The summed E-state index contributed by atoms with van der Waals surface area (Å²) in [7, 11) is 1.67. The third-order valence-electron chi connectivity index (χ3n) is 2.60. The summed E-state index contributed by atoms with van der Waals surface area (Å²) in [5, 5.41) is 0. The van der Waals surface area contributed by atoms with Gasteiger partial charge in [0.2, 0.25) is 0 Å². The minimum absolute atomic E-state index is 0.0828. The summed E-state index contributed by atoms with van der Waals surface area (Å²) in [5.41, 5.74) is 13.9. The molecule has 0 unspecified atom stereocenters. The Balaban J connectivity index is 2.76. The fourth-order valence-corrected chi connectivity index (χ4v) is 1.68. The first-order valence-corrected chi connectivity index (χ1v) is 5.29. The van der Waals surface area contributed by atoms with Crippen molar-refractivity contribution in [1.29, 1.82) is 0 Å². The van der Waals surface area contributed by atoms with Gasteiger partial charge in [-0.25, -0.2) is 0 Å². The maximum absolute atomic E-state index is 6.08. The molecule has 0 spiro atoms. The largest absolute Gasteiger partial charge is 0.497 e. The number of hydrogen-bond donors (Lipinski definition) is 2. The molecule has 0 saturated heterocycles. The molecule has 0 aromatic heterocycles. The molecule has 0 aliphatic carbocycles. The van der Waals surface area contributed by atoms with Crippen LogP contribution < -0.4 is 16.2 Å². The lowest BCUT2D eigenvalue weighted by Gasteiger charge is -2.15. The van der Waals surface area contributed by atoms with E-state index in [0.717, 1.165) is 18.6 Å². The first-order valence-electron chi connectivity index (χ1n) is 5.29. The highest BCUT2D eigenvalue weighted by Crippen LogP contribution is 2.23. The Labute approximate surface area is 91.4 Å². The van der Waals surface area contributed by atoms with Crippen molar-refractivity contribution >= 4 is 0 Å². The van der Waals surface area contributed by atoms with Gasteiger partial charge in [0.25, 0.3) is 0 Å². The molecule has 0 heterocycles. The molecule has 3 nitrogen and oxygen atoms in total. The Kier molecular flexibility index (Phi) is 4.59. The minimum Gasteiger partial charge on any atom is -0.497 e. The SMILES string of the molecule is COc1ccc([C@@H](N)CCCN)c(C)c1. The van der Waals surface area contributed by atoms with Gasteiger partial charge in [0.1, 0.15) is 5.75 Å². The zero-order valence-electron chi connectivity index (χ0n) is 9.49. The van der Waals surface area contributed by atoms with Gasteiger partial charge in [-0.1, -0.05) is 6.07 Å². The maximum atomic E-state index is 6.08. The average Bonchev–Trinajstić information content (AvgIpc) is 2.25. The van der Waals surface area contributed by atoms with Crippen molar-refractivity contribution < 1.29 is 4.74 Å². The van der Waals surface area contributed by atoms with Crippen LogP contribution in [0.5, 0.6) is 5.75 Å². The normalized spacial score (nSPS) is 12.5. The summed E-state index contributed by atoms with van der Waals surface area (Å²) in [4.78, 5) is 0. The molecule has 4 N–H and O–H groups in total. The summed E-state index contributed by atoms with van der Waals surface area (Å²) in [6, 6.07) is 6.08. The number of aryl methyl sites for hydroxylation is 1. The molecule has 0 aliphatic rings. The van der Waals surface area contributed by atoms with E-state index >= 15 is 0 Å². The van der Waals surface area contributed by atoms with E-state index in [0.29, 0.717) is 6.54 Å². The summed E-state index contributed by atoms with van der Waals surface area (Å²) in [5.74, 6) is 0.877. The molecule has 0 aliphatic heterocycles. The molecule has 0 radical (unpaired) electrons. The molecule has 1 aromatic rings. The van der Waals surface area contributed by atoms with Crippen molar-refractivity contribution in [3.8, 4) is 5.75 Å². The fraction of sp³-hybridized carbons (Fsp3) is 0.500. The Morgan fingerprint density at radius 2 is 2.13 bits per heavy atom. The van der Waals surface area contributed by atoms with Crippen LogP contribution in [0, 0.1) is 6.92 Å². The molecule has 84 valence electrons. The summed E-state index contributed by atoms with van der Waals surface area (Å²) >= 11 is 0. The van der Waals surface area contributed by atoms with Crippen LogP contribution >= 0.6 is 0 Å². The van der Waals surface area contributed by atoms with Crippen LogP contribution in [0.4, 0.5) is 0 Å². The maximum Gasteiger partial charge on any atom is 0.119 e. The highest BCUT2D eigenvalue weighted by atomic mass is 16.5. The molecule has 0 fully saturated rings. The first kappa shape index (κ1) is 12.0. The van der Waals surface area contributed by atoms with E-state index in [1.807, 2.05) is 18.2 Å². The third-order valence-corrected chi connectivity index (χ3v) is 2.60. The quantitative estimate of drug-likeness (QED) is 0.774. The van der Waals surface area contributed by atoms with Crippen LogP contribution in [-0.4, -0.2) is 13.7 Å². The van der Waals surface area contributed by atoms with E-state index in [9.17, 15) is 0 Å². The van der Waals surface area contributed by atoms with Crippen LogP contribution in [0.3, 0.4) is 0 Å². The molecular formula is C12H20N2O. The van der Waals surface area contributed by atoms with Gasteiger partial charge in [-0.05, 0) is 49.6 Å². The van der Waals surface area contributed by atoms with Gasteiger partial charge >= 0.3 is 0 Å². The van der Waals surface area contributed by atoms with Crippen molar-refractivity contribution in [3.05, 3.63) is 29.3 Å². The number of methoxy groups -OCH3 is 1. The summed E-state index contributed by atoms with van der Waals surface area (Å²) in [6.45, 7) is 2.75. The van der Waals surface area contributed by atoms with E-state index < -0.39 is 0 Å². The molecule has 15 heavy (non-hydrogen) atoms. The molecule has 1 atom stereocenters. The second-order valence-electron chi connectivity index (χ2n) is 3.76. The third kappa shape index (κ3) is 3.22. The van der Waals surface area contributed by atoms with Crippen LogP contribution in [-0.2, 0) is 0 Å². The smallest absolute Gasteiger partial charge is 0.119 e. The average molecular weight is 208 g/mol. The second kappa shape index (κ2) is 5.73. The van der Waals surface area contributed by atoms with Crippen molar-refractivity contribution in [2.75, 3.05) is 13.7 Å². The predicted molar refractivity (Wildman–Crippen MR) is 62.9 cm³/mol. The number of ether oxygens (including phenoxy) is 1. The lowest BCUT2D eigenvalue weighted by atomic mass is 9.98. The van der Waals surface area contributed by atoms with Crippen LogP contribution in [0.25, 0.3) is 0 Å². The van der Waals surface area contributed by atoms with Gasteiger partial charge < -0.3 is 16.2 Å². The van der Waals surface area contributed by atoms with E-state index in [-0.39, 0.29) is 6.04 Å².